The number of carbonyl (C=O) groups is 2. The van der Waals surface area contributed by atoms with E-state index in [-0.39, 0.29) is 23.6 Å². The zero-order valence-corrected chi connectivity index (χ0v) is 15.8. The van der Waals surface area contributed by atoms with E-state index < -0.39 is 18.0 Å². The first-order chi connectivity index (χ1) is 12.4. The molecule has 0 saturated carbocycles. The number of hydrogen-bond donors (Lipinski definition) is 2. The lowest BCUT2D eigenvalue weighted by molar-refractivity contribution is -0.163. The summed E-state index contributed by atoms with van der Waals surface area (Å²) in [6.07, 6.45) is 1.69. The molecule has 2 aliphatic heterocycles. The molecule has 0 bridgehead atoms. The molecule has 4 heterocycles. The zero-order valence-electron chi connectivity index (χ0n) is 14.2. The number of carbonyl (C=O) groups excluding carboxylic acids is 1. The molecule has 2 aromatic rings. The molecule has 0 radical (unpaired) electrons. The Labute approximate surface area is 157 Å². The molecule has 4 rings (SSSR count). The standard InChI is InChI=1S/C16H18N4O4S2/c1-7-11-10(8(2)21)14(22)19(11)12(15(23)24)13(7)25-4-3-9-5-17-16-20(9)18-6-26-16/h5-8,10-11,21H,3-4H2,1-2H3,(H,23,24)/t7-,8-,10-,11-/m1/s1. The third kappa shape index (κ3) is 2.47. The van der Waals surface area contributed by atoms with E-state index in [4.69, 9.17) is 0 Å². The van der Waals surface area contributed by atoms with E-state index in [0.29, 0.717) is 17.1 Å². The van der Waals surface area contributed by atoms with Crippen molar-refractivity contribution >= 4 is 39.9 Å². The summed E-state index contributed by atoms with van der Waals surface area (Å²) in [7, 11) is 0. The summed E-state index contributed by atoms with van der Waals surface area (Å²) in [5.41, 5.74) is 2.77. The van der Waals surface area contributed by atoms with Gasteiger partial charge in [0.25, 0.3) is 0 Å². The first-order valence-corrected chi connectivity index (χ1v) is 10.2. The van der Waals surface area contributed by atoms with Gasteiger partial charge in [-0.25, -0.2) is 14.3 Å². The van der Waals surface area contributed by atoms with Crippen molar-refractivity contribution in [2.75, 3.05) is 5.75 Å². The van der Waals surface area contributed by atoms with Gasteiger partial charge in [-0.05, 0) is 6.92 Å². The minimum Gasteiger partial charge on any atom is -0.477 e. The highest BCUT2D eigenvalue weighted by Gasteiger charge is 2.59. The number of hydrogen-bond acceptors (Lipinski definition) is 7. The van der Waals surface area contributed by atoms with E-state index in [9.17, 15) is 19.8 Å². The molecule has 0 aromatic carbocycles. The van der Waals surface area contributed by atoms with Crippen molar-refractivity contribution in [3.63, 3.8) is 0 Å². The van der Waals surface area contributed by atoms with Crippen LogP contribution in [0.15, 0.2) is 22.3 Å². The van der Waals surface area contributed by atoms with Crippen molar-refractivity contribution in [3.8, 4) is 0 Å². The summed E-state index contributed by atoms with van der Waals surface area (Å²) in [6, 6.07) is -0.267. The van der Waals surface area contributed by atoms with Crippen LogP contribution in [0.5, 0.6) is 0 Å². The van der Waals surface area contributed by atoms with Crippen molar-refractivity contribution in [1.82, 2.24) is 19.5 Å². The van der Waals surface area contributed by atoms with Gasteiger partial charge < -0.3 is 15.1 Å². The van der Waals surface area contributed by atoms with Crippen LogP contribution in [0.4, 0.5) is 0 Å². The van der Waals surface area contributed by atoms with Gasteiger partial charge in [0, 0.05) is 23.0 Å². The molecule has 2 aliphatic rings. The third-order valence-corrected chi connectivity index (χ3v) is 7.00. The highest BCUT2D eigenvalue weighted by molar-refractivity contribution is 8.03. The number of thioether (sulfide) groups is 1. The maximum Gasteiger partial charge on any atom is 0.353 e. The van der Waals surface area contributed by atoms with Crippen LogP contribution in [0.2, 0.25) is 0 Å². The number of fused-ring (bicyclic) bond motifs is 2. The Kier molecular flexibility index (Phi) is 4.28. The molecule has 1 amide bonds. The molecule has 2 N–H and O–H groups in total. The lowest BCUT2D eigenvalue weighted by Crippen LogP contribution is -2.63. The Morgan fingerprint density at radius 2 is 2.27 bits per heavy atom. The van der Waals surface area contributed by atoms with Crippen LogP contribution in [-0.4, -0.2) is 59.5 Å². The van der Waals surface area contributed by atoms with Crippen molar-refractivity contribution in [2.24, 2.45) is 11.8 Å². The van der Waals surface area contributed by atoms with Gasteiger partial charge in [-0.3, -0.25) is 4.79 Å². The fraction of sp³-hybridized carbons (Fsp3) is 0.500. The van der Waals surface area contributed by atoms with E-state index in [1.165, 1.54) is 28.0 Å². The number of imidazole rings is 1. The number of aliphatic hydroxyl groups excluding tert-OH is 1. The molecular weight excluding hydrogens is 376 g/mol. The Morgan fingerprint density at radius 3 is 2.96 bits per heavy atom. The molecule has 10 heteroatoms. The van der Waals surface area contributed by atoms with Gasteiger partial charge in [0.2, 0.25) is 10.9 Å². The predicted octanol–water partition coefficient (Wildman–Crippen LogP) is 1.22. The maximum absolute atomic E-state index is 12.3. The number of carboxylic acid groups (broad SMARTS) is 1. The summed E-state index contributed by atoms with van der Waals surface area (Å²) in [5.74, 6) is -1.36. The maximum atomic E-state index is 12.3. The second-order valence-corrected chi connectivity index (χ2v) is 8.50. The Morgan fingerprint density at radius 1 is 1.50 bits per heavy atom. The Hall–Kier alpha value is -1.91. The monoisotopic (exact) mass is 394 g/mol. The molecule has 0 spiro atoms. The molecule has 2 aromatic heterocycles. The number of amides is 1. The lowest BCUT2D eigenvalue weighted by Gasteiger charge is -2.46. The van der Waals surface area contributed by atoms with Crippen LogP contribution < -0.4 is 0 Å². The summed E-state index contributed by atoms with van der Waals surface area (Å²) >= 11 is 2.92. The summed E-state index contributed by atoms with van der Waals surface area (Å²) in [4.78, 5) is 31.2. The summed E-state index contributed by atoms with van der Waals surface area (Å²) < 4.78 is 1.79. The van der Waals surface area contributed by atoms with Gasteiger partial charge in [-0.1, -0.05) is 18.3 Å². The van der Waals surface area contributed by atoms with Gasteiger partial charge in [-0.2, -0.15) is 5.10 Å². The molecule has 1 saturated heterocycles. The first kappa shape index (κ1) is 17.5. The number of β-lactam (4-membered cyclic amide) rings is 1. The number of aromatic nitrogens is 3. The first-order valence-electron chi connectivity index (χ1n) is 8.29. The minimum absolute atomic E-state index is 0.0708. The quantitative estimate of drug-likeness (QED) is 0.709. The zero-order chi connectivity index (χ0) is 18.6. The van der Waals surface area contributed by atoms with Crippen molar-refractivity contribution in [3.05, 3.63) is 28.0 Å². The SMILES string of the molecule is C[C@@H](O)[C@H]1C(=O)N2C(C(=O)O)=C(SCCc3cnc4scnn34)[C@H](C)[C@H]12. The number of aliphatic carboxylic acids is 1. The van der Waals surface area contributed by atoms with Crippen molar-refractivity contribution < 1.29 is 19.8 Å². The molecule has 138 valence electrons. The van der Waals surface area contributed by atoms with Crippen LogP contribution in [0.3, 0.4) is 0 Å². The third-order valence-electron chi connectivity index (χ3n) is 5.02. The topological polar surface area (TPSA) is 108 Å². The van der Waals surface area contributed by atoms with E-state index in [1.54, 1.807) is 23.1 Å². The molecule has 0 unspecified atom stereocenters. The van der Waals surface area contributed by atoms with Crippen LogP contribution >= 0.6 is 23.1 Å². The van der Waals surface area contributed by atoms with Gasteiger partial charge in [0.1, 0.15) is 11.2 Å². The van der Waals surface area contributed by atoms with Crippen molar-refractivity contribution in [2.45, 2.75) is 32.4 Å². The Balaban J connectivity index is 1.52. The number of nitrogens with zero attached hydrogens (tertiary/aromatic N) is 4. The van der Waals surface area contributed by atoms with Crippen molar-refractivity contribution in [1.29, 1.82) is 0 Å². The van der Waals surface area contributed by atoms with Gasteiger partial charge in [-0.15, -0.1) is 11.8 Å². The van der Waals surface area contributed by atoms with Crippen LogP contribution in [-0.2, 0) is 16.0 Å². The normalized spacial score (nSPS) is 26.3. The largest absolute Gasteiger partial charge is 0.477 e. The average Bonchev–Trinajstić information content (AvgIpc) is 3.22. The smallest absolute Gasteiger partial charge is 0.353 e. The second kappa shape index (κ2) is 6.36. The highest BCUT2D eigenvalue weighted by atomic mass is 32.2. The highest BCUT2D eigenvalue weighted by Crippen LogP contribution is 2.50. The molecular formula is C16H18N4O4S2. The fourth-order valence-corrected chi connectivity index (χ4v) is 5.70. The van der Waals surface area contributed by atoms with E-state index in [1.807, 2.05) is 6.92 Å². The van der Waals surface area contributed by atoms with Gasteiger partial charge in [0.15, 0.2) is 0 Å². The van der Waals surface area contributed by atoms with Gasteiger partial charge in [0.05, 0.1) is 30.0 Å². The van der Waals surface area contributed by atoms with Gasteiger partial charge >= 0.3 is 5.97 Å². The molecule has 26 heavy (non-hydrogen) atoms. The fourth-order valence-electron chi connectivity index (χ4n) is 3.84. The molecule has 8 nitrogen and oxygen atoms in total. The number of aryl methyl sites for hydroxylation is 1. The number of aliphatic hydroxyl groups is 1. The Bertz CT molecular complexity index is 918. The molecule has 1 fully saturated rings. The van der Waals surface area contributed by atoms with Crippen LogP contribution in [0, 0.1) is 11.8 Å². The van der Waals surface area contributed by atoms with E-state index >= 15 is 0 Å². The second-order valence-electron chi connectivity index (χ2n) is 6.55. The molecule has 0 aliphatic carbocycles. The molecule has 4 atom stereocenters. The van der Waals surface area contributed by atoms with Crippen LogP contribution in [0.25, 0.3) is 4.96 Å². The number of carboxylic acids is 1. The predicted molar refractivity (Wildman–Crippen MR) is 96.7 cm³/mol. The lowest BCUT2D eigenvalue weighted by atomic mass is 9.79. The summed E-state index contributed by atoms with van der Waals surface area (Å²) in [6.45, 7) is 3.51. The van der Waals surface area contributed by atoms with E-state index in [0.717, 1.165) is 10.7 Å². The average molecular weight is 394 g/mol. The number of rotatable bonds is 6. The van der Waals surface area contributed by atoms with E-state index in [2.05, 4.69) is 10.1 Å². The minimum atomic E-state index is -1.09. The van der Waals surface area contributed by atoms with Crippen LogP contribution in [0.1, 0.15) is 19.5 Å². The summed E-state index contributed by atoms with van der Waals surface area (Å²) in [5, 5.41) is 23.7.